The largest absolute Gasteiger partial charge is 0.497 e. The van der Waals surface area contributed by atoms with Gasteiger partial charge in [-0.1, -0.05) is 60.1 Å². The van der Waals surface area contributed by atoms with Crippen LogP contribution in [0.5, 0.6) is 5.75 Å². The van der Waals surface area contributed by atoms with Gasteiger partial charge in [0.15, 0.2) is 11.0 Å². The third-order valence-electron chi connectivity index (χ3n) is 3.15. The van der Waals surface area contributed by atoms with Crippen LogP contribution in [-0.2, 0) is 0 Å². The molecule has 0 aliphatic rings. The number of pyridine rings is 1. The number of aromatic nitrogens is 1. The maximum Gasteiger partial charge on any atom is 0.178 e. The third kappa shape index (κ3) is 4.31. The number of halogens is 2. The third-order valence-corrected chi connectivity index (χ3v) is 3.42. The molecule has 0 aliphatic heterocycles. The van der Waals surface area contributed by atoms with Crippen LogP contribution in [0.4, 0.5) is 4.39 Å². The van der Waals surface area contributed by atoms with E-state index in [9.17, 15) is 4.39 Å². The summed E-state index contributed by atoms with van der Waals surface area (Å²) >= 11 is 5.51. The summed E-state index contributed by atoms with van der Waals surface area (Å²) in [5.74, 6) is 0.137. The van der Waals surface area contributed by atoms with Crippen molar-refractivity contribution in [3.63, 3.8) is 0 Å². The quantitative estimate of drug-likeness (QED) is 0.609. The standard InChI is InChI=1S/C12H6ClFN2.C7H8O/c13-12-11(14)9(6-15)10(7-16-12)8-4-2-1-3-5-8;1-8-7-5-3-2-4-6-7/h1-5,7H;2-6H,1H3. The van der Waals surface area contributed by atoms with E-state index in [2.05, 4.69) is 4.98 Å². The van der Waals surface area contributed by atoms with Crippen LogP contribution in [0.25, 0.3) is 11.1 Å². The van der Waals surface area contributed by atoms with E-state index in [1.165, 1.54) is 6.20 Å². The Kier molecular flexibility index (Phi) is 6.30. The second-order valence-corrected chi connectivity index (χ2v) is 5.00. The van der Waals surface area contributed by atoms with Crippen molar-refractivity contribution in [2.45, 2.75) is 0 Å². The summed E-state index contributed by atoms with van der Waals surface area (Å²) in [7, 11) is 1.66. The van der Waals surface area contributed by atoms with Gasteiger partial charge in [0, 0.05) is 11.8 Å². The molecular weight excluding hydrogens is 327 g/mol. The minimum atomic E-state index is -0.773. The lowest BCUT2D eigenvalue weighted by Gasteiger charge is -2.04. The first kappa shape index (κ1) is 17.5. The van der Waals surface area contributed by atoms with Gasteiger partial charge in [-0.2, -0.15) is 5.26 Å². The molecule has 5 heteroatoms. The van der Waals surface area contributed by atoms with Gasteiger partial charge in [-0.25, -0.2) is 9.37 Å². The molecule has 24 heavy (non-hydrogen) atoms. The highest BCUT2D eigenvalue weighted by Gasteiger charge is 2.14. The summed E-state index contributed by atoms with van der Waals surface area (Å²) in [5.41, 5.74) is 1.11. The van der Waals surface area contributed by atoms with Crippen molar-refractivity contribution >= 4 is 11.6 Å². The zero-order valence-corrected chi connectivity index (χ0v) is 13.7. The van der Waals surface area contributed by atoms with Crippen molar-refractivity contribution in [2.75, 3.05) is 7.11 Å². The number of benzene rings is 2. The van der Waals surface area contributed by atoms with Crippen LogP contribution in [0.2, 0.25) is 5.15 Å². The monoisotopic (exact) mass is 340 g/mol. The highest BCUT2D eigenvalue weighted by molar-refractivity contribution is 6.29. The average Bonchev–Trinajstić information content (AvgIpc) is 2.65. The molecule has 2 aromatic carbocycles. The minimum Gasteiger partial charge on any atom is -0.497 e. The lowest BCUT2D eigenvalue weighted by molar-refractivity contribution is 0.415. The van der Waals surface area contributed by atoms with Crippen LogP contribution in [0.15, 0.2) is 66.9 Å². The zero-order chi connectivity index (χ0) is 17.4. The Labute approximate surface area is 144 Å². The average molecular weight is 341 g/mol. The predicted molar refractivity (Wildman–Crippen MR) is 92.4 cm³/mol. The molecule has 0 fully saturated rings. The number of hydrogen-bond acceptors (Lipinski definition) is 3. The van der Waals surface area contributed by atoms with E-state index in [0.717, 1.165) is 11.3 Å². The van der Waals surface area contributed by atoms with Crippen molar-refractivity contribution in [1.82, 2.24) is 4.98 Å². The molecule has 0 N–H and O–H groups in total. The molecule has 0 saturated carbocycles. The summed E-state index contributed by atoms with van der Waals surface area (Å²) in [6.45, 7) is 0. The summed E-state index contributed by atoms with van der Waals surface area (Å²) < 4.78 is 18.4. The predicted octanol–water partition coefficient (Wildman–Crippen LogP) is 5.11. The molecule has 0 spiro atoms. The summed E-state index contributed by atoms with van der Waals surface area (Å²) in [5, 5.41) is 8.63. The highest BCUT2D eigenvalue weighted by Crippen LogP contribution is 2.27. The molecule has 0 saturated heterocycles. The number of hydrogen-bond donors (Lipinski definition) is 0. The van der Waals surface area contributed by atoms with Crippen LogP contribution < -0.4 is 4.74 Å². The van der Waals surface area contributed by atoms with Gasteiger partial charge in [0.05, 0.1) is 7.11 Å². The van der Waals surface area contributed by atoms with Crippen LogP contribution in [0, 0.1) is 17.1 Å². The molecule has 0 bridgehead atoms. The van der Waals surface area contributed by atoms with Crippen molar-refractivity contribution in [3.8, 4) is 22.9 Å². The fourth-order valence-corrected chi connectivity index (χ4v) is 2.11. The maximum atomic E-state index is 13.5. The molecule has 120 valence electrons. The van der Waals surface area contributed by atoms with Gasteiger partial charge in [0.2, 0.25) is 0 Å². The van der Waals surface area contributed by atoms with Crippen LogP contribution in [0.3, 0.4) is 0 Å². The molecule has 0 unspecified atom stereocenters. The van der Waals surface area contributed by atoms with E-state index in [-0.39, 0.29) is 10.7 Å². The second kappa shape index (κ2) is 8.66. The molecule has 0 aliphatic carbocycles. The summed E-state index contributed by atoms with van der Waals surface area (Å²) in [4.78, 5) is 3.70. The first-order valence-electron chi connectivity index (χ1n) is 7.06. The Hall–Kier alpha value is -2.90. The maximum absolute atomic E-state index is 13.5. The molecule has 3 nitrogen and oxygen atoms in total. The molecule has 1 aromatic heterocycles. The highest BCUT2D eigenvalue weighted by atomic mass is 35.5. The van der Waals surface area contributed by atoms with E-state index in [1.54, 1.807) is 25.3 Å². The molecule has 0 atom stereocenters. The van der Waals surface area contributed by atoms with Crippen LogP contribution >= 0.6 is 11.6 Å². The Morgan fingerprint density at radius 3 is 2.12 bits per heavy atom. The fraction of sp³-hybridized carbons (Fsp3) is 0.0526. The number of ether oxygens (including phenoxy) is 1. The van der Waals surface area contributed by atoms with Crippen molar-refractivity contribution in [2.24, 2.45) is 0 Å². The topological polar surface area (TPSA) is 45.9 Å². The lowest BCUT2D eigenvalue weighted by atomic mass is 10.0. The Balaban J connectivity index is 0.000000219. The number of nitrogens with zero attached hydrogens (tertiary/aromatic N) is 2. The lowest BCUT2D eigenvalue weighted by Crippen LogP contribution is -1.93. The number of nitriles is 1. The zero-order valence-electron chi connectivity index (χ0n) is 12.9. The SMILES string of the molecule is COc1ccccc1.N#Cc1c(-c2ccccc2)cnc(Cl)c1F. The Morgan fingerprint density at radius 2 is 1.62 bits per heavy atom. The normalized spacial score (nSPS) is 9.42. The van der Waals surface area contributed by atoms with Crippen LogP contribution in [-0.4, -0.2) is 12.1 Å². The molecule has 3 rings (SSSR count). The first-order chi connectivity index (χ1) is 11.7. The summed E-state index contributed by atoms with van der Waals surface area (Å²) in [6, 6.07) is 20.5. The van der Waals surface area contributed by atoms with Crippen LogP contribution in [0.1, 0.15) is 5.56 Å². The molecule has 1 heterocycles. The van der Waals surface area contributed by atoms with Crippen molar-refractivity contribution in [3.05, 3.63) is 83.4 Å². The van der Waals surface area contributed by atoms with Gasteiger partial charge in [0.25, 0.3) is 0 Å². The minimum absolute atomic E-state index is 0.0776. The molecule has 3 aromatic rings. The van der Waals surface area contributed by atoms with Crippen molar-refractivity contribution < 1.29 is 9.13 Å². The van der Waals surface area contributed by atoms with Gasteiger partial charge < -0.3 is 4.74 Å². The van der Waals surface area contributed by atoms with E-state index in [4.69, 9.17) is 21.6 Å². The Morgan fingerprint density at radius 1 is 1.04 bits per heavy atom. The Bertz CT molecular complexity index is 833. The second-order valence-electron chi connectivity index (χ2n) is 4.65. The van der Waals surface area contributed by atoms with Gasteiger partial charge in [-0.15, -0.1) is 0 Å². The van der Waals surface area contributed by atoms with E-state index in [1.807, 2.05) is 48.5 Å². The summed E-state index contributed by atoms with van der Waals surface area (Å²) in [6.07, 6.45) is 1.40. The van der Waals surface area contributed by atoms with E-state index < -0.39 is 5.82 Å². The number of para-hydroxylation sites is 1. The van der Waals surface area contributed by atoms with Gasteiger partial charge in [-0.3, -0.25) is 0 Å². The van der Waals surface area contributed by atoms with Gasteiger partial charge in [-0.05, 0) is 17.7 Å². The first-order valence-corrected chi connectivity index (χ1v) is 7.43. The van der Waals surface area contributed by atoms with E-state index in [0.29, 0.717) is 5.56 Å². The van der Waals surface area contributed by atoms with Crippen molar-refractivity contribution in [1.29, 1.82) is 5.26 Å². The molecule has 0 radical (unpaired) electrons. The van der Waals surface area contributed by atoms with Gasteiger partial charge in [0.1, 0.15) is 17.4 Å². The fourth-order valence-electron chi connectivity index (χ4n) is 1.97. The molecule has 0 amide bonds. The molecular formula is C19H14ClFN2O. The smallest absolute Gasteiger partial charge is 0.178 e. The van der Waals surface area contributed by atoms with E-state index >= 15 is 0 Å². The number of rotatable bonds is 2. The van der Waals surface area contributed by atoms with Gasteiger partial charge >= 0.3 is 0 Å². The number of methoxy groups -OCH3 is 1.